The molecule has 0 radical (unpaired) electrons. The third kappa shape index (κ3) is 2.32. The topological polar surface area (TPSA) is 47.7 Å². The second-order valence-electron chi connectivity index (χ2n) is 6.51. The van der Waals surface area contributed by atoms with E-state index in [0.717, 1.165) is 31.2 Å². The van der Waals surface area contributed by atoms with E-state index in [1.807, 2.05) is 10.9 Å². The van der Waals surface area contributed by atoms with Crippen LogP contribution < -0.4 is 5.32 Å². The van der Waals surface area contributed by atoms with Gasteiger partial charge in [-0.05, 0) is 13.3 Å². The number of hydrogen-bond donors (Lipinski definition) is 1. The number of nitrogens with zero attached hydrogens (tertiary/aromatic N) is 4. The van der Waals surface area contributed by atoms with Crippen LogP contribution in [0.25, 0.3) is 0 Å². The highest BCUT2D eigenvalue weighted by Gasteiger charge is 2.25. The molecule has 3 heterocycles. The van der Waals surface area contributed by atoms with E-state index in [-0.39, 0.29) is 5.41 Å². The van der Waals surface area contributed by atoms with E-state index in [0.29, 0.717) is 6.04 Å². The van der Waals surface area contributed by atoms with E-state index in [9.17, 15) is 0 Å². The van der Waals surface area contributed by atoms with E-state index in [2.05, 4.69) is 55.1 Å². The quantitative estimate of drug-likeness (QED) is 0.915. The molecule has 0 saturated carbocycles. The van der Waals surface area contributed by atoms with Crippen molar-refractivity contribution < 1.29 is 0 Å². The summed E-state index contributed by atoms with van der Waals surface area (Å²) in [5, 5.41) is 7.90. The van der Waals surface area contributed by atoms with Crippen LogP contribution in [0.5, 0.6) is 0 Å². The monoisotopic (exact) mass is 273 g/mol. The highest BCUT2D eigenvalue weighted by molar-refractivity contribution is 5.37. The number of aromatic nitrogens is 4. The smallest absolute Gasteiger partial charge is 0.203 e. The van der Waals surface area contributed by atoms with Gasteiger partial charge in [0.2, 0.25) is 5.95 Å². The fourth-order valence-corrected chi connectivity index (χ4v) is 2.54. The molecule has 0 spiro atoms. The van der Waals surface area contributed by atoms with Gasteiger partial charge in [-0.2, -0.15) is 5.10 Å². The van der Waals surface area contributed by atoms with Crippen LogP contribution in [0.1, 0.15) is 51.4 Å². The zero-order valence-corrected chi connectivity index (χ0v) is 12.7. The number of hydrogen-bond acceptors (Lipinski definition) is 3. The Morgan fingerprint density at radius 3 is 2.80 bits per heavy atom. The van der Waals surface area contributed by atoms with Crippen molar-refractivity contribution in [2.45, 2.75) is 58.7 Å². The molecular formula is C15H23N5. The van der Waals surface area contributed by atoms with Crippen molar-refractivity contribution in [3.8, 4) is 0 Å². The lowest BCUT2D eigenvalue weighted by atomic mass is 9.93. The van der Waals surface area contributed by atoms with Gasteiger partial charge in [0.25, 0.3) is 0 Å². The van der Waals surface area contributed by atoms with Crippen LogP contribution in [-0.4, -0.2) is 19.3 Å². The van der Waals surface area contributed by atoms with Crippen molar-refractivity contribution in [1.29, 1.82) is 0 Å². The third-order valence-corrected chi connectivity index (χ3v) is 3.89. The first-order valence-electron chi connectivity index (χ1n) is 7.34. The van der Waals surface area contributed by atoms with Crippen LogP contribution in [0.4, 0.5) is 5.95 Å². The van der Waals surface area contributed by atoms with Gasteiger partial charge in [-0.15, -0.1) is 0 Å². The fraction of sp³-hybridized carbons (Fsp3) is 0.600. The average Bonchev–Trinajstić information content (AvgIpc) is 3.03. The van der Waals surface area contributed by atoms with Crippen molar-refractivity contribution in [2.24, 2.45) is 0 Å². The van der Waals surface area contributed by atoms with E-state index in [1.165, 1.54) is 5.56 Å². The second kappa shape index (κ2) is 4.65. The molecule has 5 heteroatoms. The minimum absolute atomic E-state index is 0.0919. The first-order valence-corrected chi connectivity index (χ1v) is 7.34. The second-order valence-corrected chi connectivity index (χ2v) is 6.51. The molecule has 1 unspecified atom stereocenters. The van der Waals surface area contributed by atoms with E-state index in [4.69, 9.17) is 4.98 Å². The van der Waals surface area contributed by atoms with Crippen LogP contribution in [0.2, 0.25) is 0 Å². The molecule has 2 aromatic heterocycles. The summed E-state index contributed by atoms with van der Waals surface area (Å²) in [6.45, 7) is 10.6. The first kappa shape index (κ1) is 13.2. The number of rotatable bonds is 2. The molecule has 5 nitrogen and oxygen atoms in total. The molecule has 0 fully saturated rings. The highest BCUT2D eigenvalue weighted by atomic mass is 15.3. The van der Waals surface area contributed by atoms with Gasteiger partial charge in [0, 0.05) is 36.5 Å². The predicted molar refractivity (Wildman–Crippen MR) is 79.8 cm³/mol. The van der Waals surface area contributed by atoms with Crippen LogP contribution >= 0.6 is 0 Å². The lowest BCUT2D eigenvalue weighted by molar-refractivity contribution is 0.540. The molecule has 20 heavy (non-hydrogen) atoms. The predicted octanol–water partition coefficient (Wildman–Crippen LogP) is 2.95. The highest BCUT2D eigenvalue weighted by Crippen LogP contribution is 2.30. The molecular weight excluding hydrogens is 250 g/mol. The molecule has 0 aliphatic carbocycles. The summed E-state index contributed by atoms with van der Waals surface area (Å²) < 4.78 is 4.19. The van der Waals surface area contributed by atoms with Crippen LogP contribution in [-0.2, 0) is 18.5 Å². The Bertz CT molecular complexity index is 602. The molecule has 0 amide bonds. The van der Waals surface area contributed by atoms with Gasteiger partial charge in [-0.25, -0.2) is 4.98 Å². The molecule has 3 rings (SSSR count). The normalized spacial score (nSPS) is 18.7. The lowest BCUT2D eigenvalue weighted by Gasteiger charge is -2.24. The van der Waals surface area contributed by atoms with Gasteiger partial charge >= 0.3 is 0 Å². The number of nitrogens with one attached hydrogen (secondary N) is 1. The van der Waals surface area contributed by atoms with Crippen molar-refractivity contribution in [2.75, 3.05) is 5.32 Å². The number of anilines is 1. The van der Waals surface area contributed by atoms with Crippen molar-refractivity contribution in [1.82, 2.24) is 19.3 Å². The average molecular weight is 273 g/mol. The Morgan fingerprint density at radius 1 is 1.35 bits per heavy atom. The summed E-state index contributed by atoms with van der Waals surface area (Å²) in [6.07, 6.45) is 7.34. The van der Waals surface area contributed by atoms with E-state index in [1.54, 1.807) is 0 Å². The maximum atomic E-state index is 4.75. The molecule has 1 aliphatic rings. The van der Waals surface area contributed by atoms with E-state index < -0.39 is 0 Å². The van der Waals surface area contributed by atoms with Gasteiger partial charge in [0.05, 0.1) is 17.9 Å². The Balaban J connectivity index is 1.83. The molecule has 0 bridgehead atoms. The Labute approximate surface area is 120 Å². The van der Waals surface area contributed by atoms with Gasteiger partial charge in [0.15, 0.2) is 0 Å². The first-order chi connectivity index (χ1) is 9.47. The Kier molecular flexibility index (Phi) is 3.07. The van der Waals surface area contributed by atoms with Gasteiger partial charge in [-0.1, -0.05) is 20.8 Å². The van der Waals surface area contributed by atoms with Crippen LogP contribution in [0, 0.1) is 0 Å². The van der Waals surface area contributed by atoms with Crippen LogP contribution in [0.3, 0.4) is 0 Å². The van der Waals surface area contributed by atoms with E-state index >= 15 is 0 Å². The summed E-state index contributed by atoms with van der Waals surface area (Å²) in [5.41, 5.74) is 2.48. The minimum atomic E-state index is 0.0919. The van der Waals surface area contributed by atoms with Gasteiger partial charge in [-0.3, -0.25) is 4.68 Å². The summed E-state index contributed by atoms with van der Waals surface area (Å²) in [4.78, 5) is 4.75. The molecule has 108 valence electrons. The molecule has 1 atom stereocenters. The lowest BCUT2D eigenvalue weighted by Crippen LogP contribution is -2.21. The molecule has 2 aromatic rings. The molecule has 1 N–H and O–H groups in total. The standard InChI is InChI=1S/C15H23N5/c1-5-20-9-11(8-16-20)12-6-7-19-10-13(15(2,3)4)18-14(19)17-12/h8-10,12H,5-7H2,1-4H3,(H,17,18). The summed E-state index contributed by atoms with van der Waals surface area (Å²) >= 11 is 0. The number of aryl methyl sites for hydroxylation is 2. The summed E-state index contributed by atoms with van der Waals surface area (Å²) in [5.74, 6) is 0.982. The molecule has 0 aromatic carbocycles. The summed E-state index contributed by atoms with van der Waals surface area (Å²) in [6, 6.07) is 0.318. The Morgan fingerprint density at radius 2 is 2.15 bits per heavy atom. The largest absolute Gasteiger partial charge is 0.349 e. The number of fused-ring (bicyclic) bond motifs is 1. The van der Waals surface area contributed by atoms with Crippen molar-refractivity contribution >= 4 is 5.95 Å². The fourth-order valence-electron chi connectivity index (χ4n) is 2.54. The van der Waals surface area contributed by atoms with Gasteiger partial charge in [0.1, 0.15) is 0 Å². The van der Waals surface area contributed by atoms with Gasteiger partial charge < -0.3 is 9.88 Å². The minimum Gasteiger partial charge on any atom is -0.349 e. The van der Waals surface area contributed by atoms with Crippen molar-refractivity contribution in [3.63, 3.8) is 0 Å². The SMILES string of the molecule is CCn1cc(C2CCn3cc(C(C)(C)C)nc3N2)cn1. The zero-order chi connectivity index (χ0) is 14.3. The third-order valence-electron chi connectivity index (χ3n) is 3.89. The maximum Gasteiger partial charge on any atom is 0.203 e. The summed E-state index contributed by atoms with van der Waals surface area (Å²) in [7, 11) is 0. The number of imidazole rings is 1. The molecule has 0 saturated heterocycles. The van der Waals surface area contributed by atoms with Crippen LogP contribution in [0.15, 0.2) is 18.6 Å². The Hall–Kier alpha value is -1.78. The maximum absolute atomic E-state index is 4.75. The molecule has 1 aliphatic heterocycles. The van der Waals surface area contributed by atoms with Crippen molar-refractivity contribution in [3.05, 3.63) is 29.8 Å². The zero-order valence-electron chi connectivity index (χ0n) is 12.7.